The standard InChI is InChI=1S/C26H31N3O4/c1-18(2)15-22(27-26(31)33-17-21-13-9-6-10-14-21)24-28-23(25(30)32-4)19(3)29(24)16-20-11-7-5-8-12-20/h5-14,18,22H,15-17H2,1-4H3,(H,27,31)/t22-/m1/s1. The average Bonchev–Trinajstić information content (AvgIpc) is 3.14. The maximum absolute atomic E-state index is 12.7. The third-order valence-corrected chi connectivity index (χ3v) is 5.34. The first-order valence-electron chi connectivity index (χ1n) is 11.1. The van der Waals surface area contributed by atoms with Crippen LogP contribution in [0.1, 0.15) is 59.4 Å². The molecule has 0 aliphatic rings. The molecule has 1 amide bonds. The predicted octanol–water partition coefficient (Wildman–Crippen LogP) is 5.04. The SMILES string of the molecule is COC(=O)c1nc([C@@H](CC(C)C)NC(=O)OCc2ccccc2)n(Cc2ccccc2)c1C. The monoisotopic (exact) mass is 449 g/mol. The number of alkyl carbamates (subject to hydrolysis) is 1. The van der Waals surface area contributed by atoms with Crippen molar-refractivity contribution in [3.63, 3.8) is 0 Å². The molecule has 2 aromatic carbocycles. The highest BCUT2D eigenvalue weighted by molar-refractivity contribution is 5.88. The smallest absolute Gasteiger partial charge is 0.408 e. The molecule has 0 unspecified atom stereocenters. The van der Waals surface area contributed by atoms with Crippen LogP contribution in [0.25, 0.3) is 0 Å². The Bertz CT molecular complexity index is 1060. The van der Waals surface area contributed by atoms with Crippen LogP contribution in [-0.2, 0) is 22.6 Å². The number of carbonyl (C=O) groups is 2. The molecule has 0 aliphatic carbocycles. The van der Waals surface area contributed by atoms with Crippen molar-refractivity contribution >= 4 is 12.1 Å². The van der Waals surface area contributed by atoms with Gasteiger partial charge in [0.25, 0.3) is 0 Å². The molecule has 33 heavy (non-hydrogen) atoms. The Morgan fingerprint density at radius 1 is 1.00 bits per heavy atom. The average molecular weight is 450 g/mol. The van der Waals surface area contributed by atoms with Crippen LogP contribution in [0.2, 0.25) is 0 Å². The number of hydrogen-bond acceptors (Lipinski definition) is 5. The molecule has 0 saturated heterocycles. The van der Waals surface area contributed by atoms with Crippen molar-refractivity contribution in [3.8, 4) is 0 Å². The molecule has 1 heterocycles. The van der Waals surface area contributed by atoms with Crippen LogP contribution in [0.5, 0.6) is 0 Å². The Morgan fingerprint density at radius 2 is 1.61 bits per heavy atom. The normalized spacial score (nSPS) is 11.8. The number of ether oxygens (including phenoxy) is 2. The summed E-state index contributed by atoms with van der Waals surface area (Å²) in [5, 5.41) is 2.96. The molecule has 0 radical (unpaired) electrons. The van der Waals surface area contributed by atoms with Crippen LogP contribution in [0, 0.1) is 12.8 Å². The van der Waals surface area contributed by atoms with Gasteiger partial charge in [-0.05, 0) is 30.4 Å². The highest BCUT2D eigenvalue weighted by atomic mass is 16.5. The number of esters is 1. The summed E-state index contributed by atoms with van der Waals surface area (Å²) in [6, 6.07) is 19.0. The van der Waals surface area contributed by atoms with E-state index in [4.69, 9.17) is 9.47 Å². The second kappa shape index (κ2) is 11.3. The van der Waals surface area contributed by atoms with Gasteiger partial charge in [0.1, 0.15) is 12.4 Å². The number of hydrogen-bond donors (Lipinski definition) is 1. The zero-order valence-corrected chi connectivity index (χ0v) is 19.6. The van der Waals surface area contributed by atoms with Gasteiger partial charge in [0.05, 0.1) is 13.2 Å². The van der Waals surface area contributed by atoms with E-state index >= 15 is 0 Å². The lowest BCUT2D eigenvalue weighted by Crippen LogP contribution is -2.32. The number of benzene rings is 2. The maximum Gasteiger partial charge on any atom is 0.408 e. The van der Waals surface area contributed by atoms with E-state index in [2.05, 4.69) is 24.1 Å². The first-order valence-corrected chi connectivity index (χ1v) is 11.1. The van der Waals surface area contributed by atoms with Gasteiger partial charge in [0.2, 0.25) is 0 Å². The van der Waals surface area contributed by atoms with Crippen molar-refractivity contribution in [3.05, 3.63) is 89.0 Å². The molecule has 0 aliphatic heterocycles. The molecule has 3 aromatic rings. The lowest BCUT2D eigenvalue weighted by molar-refractivity contribution is 0.0593. The molecule has 174 valence electrons. The topological polar surface area (TPSA) is 82.4 Å². The largest absolute Gasteiger partial charge is 0.464 e. The number of aromatic nitrogens is 2. The van der Waals surface area contributed by atoms with Gasteiger partial charge >= 0.3 is 12.1 Å². The minimum absolute atomic E-state index is 0.173. The summed E-state index contributed by atoms with van der Waals surface area (Å²) < 4.78 is 12.3. The molecule has 0 bridgehead atoms. The maximum atomic E-state index is 12.7. The molecule has 0 fully saturated rings. The summed E-state index contributed by atoms with van der Waals surface area (Å²) in [5.41, 5.74) is 2.90. The molecule has 0 spiro atoms. The molecule has 1 aromatic heterocycles. The van der Waals surface area contributed by atoms with Gasteiger partial charge in [-0.1, -0.05) is 74.5 Å². The number of nitrogens with zero attached hydrogens (tertiary/aromatic N) is 2. The van der Waals surface area contributed by atoms with Gasteiger partial charge in [0, 0.05) is 12.2 Å². The quantitative estimate of drug-likeness (QED) is 0.463. The third-order valence-electron chi connectivity index (χ3n) is 5.34. The second-order valence-electron chi connectivity index (χ2n) is 8.36. The van der Waals surface area contributed by atoms with E-state index in [0.717, 1.165) is 11.1 Å². The molecule has 1 N–H and O–H groups in total. The zero-order valence-electron chi connectivity index (χ0n) is 19.6. The minimum atomic E-state index is -0.531. The van der Waals surface area contributed by atoms with Gasteiger partial charge in [-0.25, -0.2) is 14.6 Å². The van der Waals surface area contributed by atoms with Gasteiger partial charge in [-0.15, -0.1) is 0 Å². The number of methoxy groups -OCH3 is 1. The van der Waals surface area contributed by atoms with Crippen molar-refractivity contribution in [2.45, 2.75) is 46.4 Å². The van der Waals surface area contributed by atoms with Crippen LogP contribution in [0.15, 0.2) is 60.7 Å². The molecule has 7 heteroatoms. The van der Waals surface area contributed by atoms with Gasteiger partial charge in [-0.3, -0.25) is 0 Å². The molecule has 0 saturated carbocycles. The van der Waals surface area contributed by atoms with E-state index in [1.165, 1.54) is 7.11 Å². The molecule has 3 rings (SSSR count). The number of imidazole rings is 1. The molecular weight excluding hydrogens is 418 g/mol. The van der Waals surface area contributed by atoms with Crippen molar-refractivity contribution in [1.82, 2.24) is 14.9 Å². The van der Waals surface area contributed by atoms with E-state index < -0.39 is 18.1 Å². The van der Waals surface area contributed by atoms with E-state index in [1.54, 1.807) is 0 Å². The van der Waals surface area contributed by atoms with Gasteiger partial charge < -0.3 is 19.4 Å². The highest BCUT2D eigenvalue weighted by Gasteiger charge is 2.27. The van der Waals surface area contributed by atoms with Crippen LogP contribution in [0.3, 0.4) is 0 Å². The molecule has 1 atom stereocenters. The third kappa shape index (κ3) is 6.44. The summed E-state index contributed by atoms with van der Waals surface area (Å²) in [4.78, 5) is 29.7. The highest BCUT2D eigenvalue weighted by Crippen LogP contribution is 2.25. The number of rotatable bonds is 9. The summed E-state index contributed by atoms with van der Waals surface area (Å²) >= 11 is 0. The Labute approximate surface area is 194 Å². The first kappa shape index (κ1) is 24.0. The summed E-state index contributed by atoms with van der Waals surface area (Å²) in [7, 11) is 1.34. The number of carbonyl (C=O) groups excluding carboxylic acids is 2. The van der Waals surface area contributed by atoms with E-state index in [-0.39, 0.29) is 18.2 Å². The van der Waals surface area contributed by atoms with Crippen molar-refractivity contribution < 1.29 is 19.1 Å². The van der Waals surface area contributed by atoms with E-state index in [9.17, 15) is 9.59 Å². The summed E-state index contributed by atoms with van der Waals surface area (Å²) in [6.45, 7) is 6.67. The van der Waals surface area contributed by atoms with Crippen molar-refractivity contribution in [2.75, 3.05) is 7.11 Å². The summed E-state index contributed by atoms with van der Waals surface area (Å²) in [6.07, 6.45) is 0.0998. The Balaban J connectivity index is 1.89. The summed E-state index contributed by atoms with van der Waals surface area (Å²) in [5.74, 6) is 0.366. The Morgan fingerprint density at radius 3 is 2.18 bits per heavy atom. The lowest BCUT2D eigenvalue weighted by Gasteiger charge is -2.22. The fourth-order valence-corrected chi connectivity index (χ4v) is 3.68. The number of amides is 1. The fraction of sp³-hybridized carbons (Fsp3) is 0.346. The second-order valence-corrected chi connectivity index (χ2v) is 8.36. The van der Waals surface area contributed by atoms with Crippen LogP contribution in [-0.4, -0.2) is 28.7 Å². The first-order chi connectivity index (χ1) is 15.9. The van der Waals surface area contributed by atoms with Crippen LogP contribution < -0.4 is 5.32 Å². The number of nitrogens with one attached hydrogen (secondary N) is 1. The van der Waals surface area contributed by atoms with Crippen molar-refractivity contribution in [2.24, 2.45) is 5.92 Å². The van der Waals surface area contributed by atoms with E-state index in [1.807, 2.05) is 72.2 Å². The van der Waals surface area contributed by atoms with Crippen LogP contribution >= 0.6 is 0 Å². The fourth-order valence-electron chi connectivity index (χ4n) is 3.68. The Kier molecular flexibility index (Phi) is 8.24. The lowest BCUT2D eigenvalue weighted by atomic mass is 10.0. The van der Waals surface area contributed by atoms with Crippen molar-refractivity contribution in [1.29, 1.82) is 0 Å². The van der Waals surface area contributed by atoms with E-state index in [0.29, 0.717) is 24.5 Å². The molecular formula is C26H31N3O4. The zero-order chi connectivity index (χ0) is 23.8. The van der Waals surface area contributed by atoms with Crippen LogP contribution in [0.4, 0.5) is 4.79 Å². The molecule has 7 nitrogen and oxygen atoms in total. The predicted molar refractivity (Wildman–Crippen MR) is 126 cm³/mol. The minimum Gasteiger partial charge on any atom is -0.464 e. The Hall–Kier alpha value is -3.61. The van der Waals surface area contributed by atoms with Gasteiger partial charge in [-0.2, -0.15) is 0 Å². The van der Waals surface area contributed by atoms with Gasteiger partial charge in [0.15, 0.2) is 5.69 Å².